The van der Waals surface area contributed by atoms with E-state index in [1.165, 1.54) is 0 Å². The molecule has 1 aliphatic rings. The summed E-state index contributed by atoms with van der Waals surface area (Å²) in [6, 6.07) is 0. The maximum Gasteiger partial charge on any atom is 0.222 e. The first-order valence-corrected chi connectivity index (χ1v) is 5.20. The van der Waals surface area contributed by atoms with E-state index in [-0.39, 0.29) is 12.0 Å². The van der Waals surface area contributed by atoms with Gasteiger partial charge in [0.2, 0.25) is 5.91 Å². The molecule has 14 heavy (non-hydrogen) atoms. The SMILES string of the molecule is CN(C)C(=O)CCCN1CC[C@@H](O)C1. The van der Waals surface area contributed by atoms with Crippen molar-refractivity contribution in [2.45, 2.75) is 25.4 Å². The minimum absolute atomic E-state index is 0.153. The first-order chi connectivity index (χ1) is 6.59. The molecule has 0 aliphatic carbocycles. The lowest BCUT2D eigenvalue weighted by Crippen LogP contribution is -2.26. The molecule has 0 aromatic carbocycles. The van der Waals surface area contributed by atoms with Crippen LogP contribution < -0.4 is 0 Å². The quantitative estimate of drug-likeness (QED) is 0.690. The molecular formula is C10H20N2O2. The Labute approximate surface area is 85.5 Å². The molecule has 1 atom stereocenters. The van der Waals surface area contributed by atoms with Gasteiger partial charge in [0.15, 0.2) is 0 Å². The fourth-order valence-electron chi connectivity index (χ4n) is 1.69. The van der Waals surface area contributed by atoms with Crippen molar-refractivity contribution < 1.29 is 9.90 Å². The molecule has 1 N–H and O–H groups in total. The van der Waals surface area contributed by atoms with Gasteiger partial charge >= 0.3 is 0 Å². The first-order valence-electron chi connectivity index (χ1n) is 5.20. The number of hydrogen-bond acceptors (Lipinski definition) is 3. The van der Waals surface area contributed by atoms with Crippen LogP contribution in [-0.4, -0.2) is 60.6 Å². The highest BCUT2D eigenvalue weighted by Crippen LogP contribution is 2.09. The van der Waals surface area contributed by atoms with Gasteiger partial charge in [-0.1, -0.05) is 0 Å². The van der Waals surface area contributed by atoms with Gasteiger partial charge in [-0.05, 0) is 19.4 Å². The number of aliphatic hydroxyl groups is 1. The molecule has 82 valence electrons. The molecule has 0 aromatic rings. The van der Waals surface area contributed by atoms with Crippen LogP contribution in [0.4, 0.5) is 0 Å². The van der Waals surface area contributed by atoms with Crippen LogP contribution in [0.15, 0.2) is 0 Å². The summed E-state index contributed by atoms with van der Waals surface area (Å²) in [5, 5.41) is 9.28. The minimum atomic E-state index is -0.153. The maximum absolute atomic E-state index is 11.2. The summed E-state index contributed by atoms with van der Waals surface area (Å²) >= 11 is 0. The van der Waals surface area contributed by atoms with E-state index in [1.807, 2.05) is 0 Å². The van der Waals surface area contributed by atoms with Crippen molar-refractivity contribution in [3.8, 4) is 0 Å². The van der Waals surface area contributed by atoms with Crippen LogP contribution in [0.1, 0.15) is 19.3 Å². The number of carbonyl (C=O) groups excluding carboxylic acids is 1. The van der Waals surface area contributed by atoms with E-state index in [0.717, 1.165) is 32.5 Å². The van der Waals surface area contributed by atoms with Gasteiger partial charge in [0.25, 0.3) is 0 Å². The molecule has 0 saturated carbocycles. The number of carbonyl (C=O) groups is 1. The standard InChI is InChI=1S/C10H20N2O2/c1-11(2)10(14)4-3-6-12-7-5-9(13)8-12/h9,13H,3-8H2,1-2H3/t9-/m1/s1. The van der Waals surface area contributed by atoms with E-state index >= 15 is 0 Å². The third kappa shape index (κ3) is 3.64. The number of β-amino-alcohol motifs (C(OH)–C–C–N with tert-alkyl or cyclic N) is 1. The van der Waals surface area contributed by atoms with Crippen LogP contribution in [0, 0.1) is 0 Å². The van der Waals surface area contributed by atoms with Crippen LogP contribution in [0.25, 0.3) is 0 Å². The van der Waals surface area contributed by atoms with Gasteiger partial charge < -0.3 is 14.9 Å². The van der Waals surface area contributed by atoms with Gasteiger partial charge in [-0.25, -0.2) is 0 Å². The van der Waals surface area contributed by atoms with Crippen LogP contribution in [0.2, 0.25) is 0 Å². The summed E-state index contributed by atoms with van der Waals surface area (Å²) in [6.45, 7) is 2.67. The second-order valence-electron chi connectivity index (χ2n) is 4.13. The smallest absolute Gasteiger partial charge is 0.222 e. The summed E-state index contributed by atoms with van der Waals surface area (Å²) in [6.07, 6.45) is 2.23. The van der Waals surface area contributed by atoms with E-state index < -0.39 is 0 Å². The summed E-state index contributed by atoms with van der Waals surface area (Å²) in [5.41, 5.74) is 0. The Morgan fingerprint density at radius 2 is 2.29 bits per heavy atom. The average molecular weight is 200 g/mol. The maximum atomic E-state index is 11.2. The predicted octanol–water partition coefficient (Wildman–Crippen LogP) is -0.0786. The van der Waals surface area contributed by atoms with Crippen molar-refractivity contribution in [3.05, 3.63) is 0 Å². The Morgan fingerprint density at radius 3 is 2.79 bits per heavy atom. The zero-order chi connectivity index (χ0) is 10.6. The van der Waals surface area contributed by atoms with Gasteiger partial charge in [0.1, 0.15) is 0 Å². The zero-order valence-corrected chi connectivity index (χ0v) is 9.07. The topological polar surface area (TPSA) is 43.8 Å². The van der Waals surface area contributed by atoms with E-state index in [0.29, 0.717) is 6.42 Å². The third-order valence-corrected chi connectivity index (χ3v) is 2.61. The van der Waals surface area contributed by atoms with Gasteiger partial charge in [-0.2, -0.15) is 0 Å². The second-order valence-corrected chi connectivity index (χ2v) is 4.13. The van der Waals surface area contributed by atoms with Gasteiger partial charge in [0, 0.05) is 33.6 Å². The molecule has 1 saturated heterocycles. The lowest BCUT2D eigenvalue weighted by molar-refractivity contribution is -0.128. The highest BCUT2D eigenvalue weighted by atomic mass is 16.3. The Balaban J connectivity index is 2.07. The third-order valence-electron chi connectivity index (χ3n) is 2.61. The Bertz CT molecular complexity index is 195. The summed E-state index contributed by atoms with van der Waals surface area (Å²) < 4.78 is 0. The molecule has 1 amide bonds. The van der Waals surface area contributed by atoms with E-state index in [1.54, 1.807) is 19.0 Å². The Morgan fingerprint density at radius 1 is 1.57 bits per heavy atom. The molecule has 0 aromatic heterocycles. The summed E-state index contributed by atoms with van der Waals surface area (Å²) in [5.74, 6) is 0.185. The van der Waals surface area contributed by atoms with Crippen molar-refractivity contribution in [3.63, 3.8) is 0 Å². The molecular weight excluding hydrogens is 180 g/mol. The van der Waals surface area contributed by atoms with Crippen LogP contribution >= 0.6 is 0 Å². The number of rotatable bonds is 4. The second kappa shape index (κ2) is 5.32. The molecule has 4 heteroatoms. The molecule has 1 fully saturated rings. The van der Waals surface area contributed by atoms with Crippen molar-refractivity contribution in [2.75, 3.05) is 33.7 Å². The molecule has 4 nitrogen and oxygen atoms in total. The molecule has 1 aliphatic heterocycles. The van der Waals surface area contributed by atoms with Gasteiger partial charge in [-0.3, -0.25) is 4.79 Å². The molecule has 0 bridgehead atoms. The lowest BCUT2D eigenvalue weighted by atomic mass is 10.2. The van der Waals surface area contributed by atoms with Crippen molar-refractivity contribution in [2.24, 2.45) is 0 Å². The largest absolute Gasteiger partial charge is 0.392 e. The number of amides is 1. The van der Waals surface area contributed by atoms with E-state index in [4.69, 9.17) is 0 Å². The molecule has 0 radical (unpaired) electrons. The lowest BCUT2D eigenvalue weighted by Gasteiger charge is -2.15. The number of nitrogens with zero attached hydrogens (tertiary/aromatic N) is 2. The van der Waals surface area contributed by atoms with Crippen molar-refractivity contribution in [1.82, 2.24) is 9.80 Å². The zero-order valence-electron chi connectivity index (χ0n) is 9.07. The summed E-state index contributed by atoms with van der Waals surface area (Å²) in [7, 11) is 3.56. The molecule has 0 unspecified atom stereocenters. The highest BCUT2D eigenvalue weighted by molar-refractivity contribution is 5.75. The first kappa shape index (κ1) is 11.5. The normalized spacial score (nSPS) is 22.6. The van der Waals surface area contributed by atoms with Crippen LogP contribution in [0.3, 0.4) is 0 Å². The Hall–Kier alpha value is -0.610. The molecule has 1 heterocycles. The van der Waals surface area contributed by atoms with E-state index in [2.05, 4.69) is 4.90 Å². The van der Waals surface area contributed by atoms with E-state index in [9.17, 15) is 9.90 Å². The van der Waals surface area contributed by atoms with Crippen molar-refractivity contribution >= 4 is 5.91 Å². The monoisotopic (exact) mass is 200 g/mol. The highest BCUT2D eigenvalue weighted by Gasteiger charge is 2.19. The average Bonchev–Trinajstić information content (AvgIpc) is 2.51. The fourth-order valence-corrected chi connectivity index (χ4v) is 1.69. The van der Waals surface area contributed by atoms with Gasteiger partial charge in [0.05, 0.1) is 6.10 Å². The summed E-state index contributed by atoms with van der Waals surface area (Å²) in [4.78, 5) is 15.1. The fraction of sp³-hybridized carbons (Fsp3) is 0.900. The predicted molar refractivity (Wildman–Crippen MR) is 55.0 cm³/mol. The number of aliphatic hydroxyl groups excluding tert-OH is 1. The Kier molecular flexibility index (Phi) is 4.35. The molecule has 0 spiro atoms. The number of hydrogen-bond donors (Lipinski definition) is 1. The van der Waals surface area contributed by atoms with Crippen LogP contribution in [0.5, 0.6) is 0 Å². The molecule has 1 rings (SSSR count). The van der Waals surface area contributed by atoms with Gasteiger partial charge in [-0.15, -0.1) is 0 Å². The van der Waals surface area contributed by atoms with Crippen molar-refractivity contribution in [1.29, 1.82) is 0 Å². The number of likely N-dealkylation sites (tertiary alicyclic amines) is 1. The minimum Gasteiger partial charge on any atom is -0.392 e. The van der Waals surface area contributed by atoms with Crippen LogP contribution in [-0.2, 0) is 4.79 Å².